The molecule has 2 rings (SSSR count). The van der Waals surface area contributed by atoms with Gasteiger partial charge in [-0.3, -0.25) is 4.72 Å². The molecule has 2 aromatic carbocycles. The van der Waals surface area contributed by atoms with Crippen molar-refractivity contribution in [3.8, 4) is 5.75 Å². The van der Waals surface area contributed by atoms with Crippen LogP contribution in [0.3, 0.4) is 0 Å². The number of rotatable bonds is 4. The van der Waals surface area contributed by atoms with Crippen LogP contribution < -0.4 is 9.46 Å². The standard InChI is InChI=1S/C15H16ClNO3S/c1-10-4-6-12(7-5-10)21(18,19)17-14-9-13(16)11(2)8-15(14)20-3/h4-9,17H,1-3H3. The molecule has 0 fully saturated rings. The highest BCUT2D eigenvalue weighted by molar-refractivity contribution is 7.92. The zero-order valence-corrected chi connectivity index (χ0v) is 13.5. The SMILES string of the molecule is COc1cc(C)c(Cl)cc1NS(=O)(=O)c1ccc(C)cc1. The molecule has 0 radical (unpaired) electrons. The lowest BCUT2D eigenvalue weighted by atomic mass is 10.2. The Balaban J connectivity index is 2.41. The summed E-state index contributed by atoms with van der Waals surface area (Å²) in [4.78, 5) is 0.187. The number of ether oxygens (including phenoxy) is 1. The largest absolute Gasteiger partial charge is 0.495 e. The van der Waals surface area contributed by atoms with Gasteiger partial charge in [0.05, 0.1) is 17.7 Å². The molecule has 0 saturated heterocycles. The van der Waals surface area contributed by atoms with Crippen LogP contribution in [0.2, 0.25) is 5.02 Å². The molecule has 0 bridgehead atoms. The van der Waals surface area contributed by atoms with Crippen molar-refractivity contribution in [2.45, 2.75) is 18.7 Å². The Bertz CT molecular complexity index is 755. The van der Waals surface area contributed by atoms with Crippen molar-refractivity contribution in [2.24, 2.45) is 0 Å². The predicted molar refractivity (Wildman–Crippen MR) is 84.7 cm³/mol. The van der Waals surface area contributed by atoms with Gasteiger partial charge in [0.2, 0.25) is 0 Å². The van der Waals surface area contributed by atoms with Crippen LogP contribution in [0.15, 0.2) is 41.3 Å². The van der Waals surface area contributed by atoms with Gasteiger partial charge in [-0.2, -0.15) is 0 Å². The minimum atomic E-state index is -3.68. The summed E-state index contributed by atoms with van der Waals surface area (Å²) < 4.78 is 32.4. The second-order valence-electron chi connectivity index (χ2n) is 4.72. The van der Waals surface area contributed by atoms with Gasteiger partial charge in [0.15, 0.2) is 0 Å². The number of benzene rings is 2. The molecule has 2 aromatic rings. The maximum atomic E-state index is 12.4. The molecule has 112 valence electrons. The zero-order chi connectivity index (χ0) is 15.6. The number of aryl methyl sites for hydroxylation is 2. The molecule has 0 unspecified atom stereocenters. The maximum Gasteiger partial charge on any atom is 0.262 e. The van der Waals surface area contributed by atoms with Crippen LogP contribution in [0.5, 0.6) is 5.75 Å². The van der Waals surface area contributed by atoms with Gasteiger partial charge >= 0.3 is 0 Å². The second-order valence-corrected chi connectivity index (χ2v) is 6.81. The van der Waals surface area contributed by atoms with Crippen LogP contribution in [0.1, 0.15) is 11.1 Å². The first-order valence-electron chi connectivity index (χ1n) is 6.27. The first-order valence-corrected chi connectivity index (χ1v) is 8.13. The fourth-order valence-electron chi connectivity index (χ4n) is 1.82. The number of sulfonamides is 1. The summed E-state index contributed by atoms with van der Waals surface area (Å²) in [5.41, 5.74) is 2.12. The van der Waals surface area contributed by atoms with Gasteiger partial charge in [0.25, 0.3) is 10.0 Å². The molecule has 21 heavy (non-hydrogen) atoms. The first kappa shape index (κ1) is 15.7. The minimum Gasteiger partial charge on any atom is -0.495 e. The molecular formula is C15H16ClNO3S. The van der Waals surface area contributed by atoms with Crippen molar-refractivity contribution in [2.75, 3.05) is 11.8 Å². The van der Waals surface area contributed by atoms with Crippen LogP contribution in [0.25, 0.3) is 0 Å². The second kappa shape index (κ2) is 5.95. The van der Waals surface area contributed by atoms with Crippen molar-refractivity contribution >= 4 is 27.3 Å². The highest BCUT2D eigenvalue weighted by atomic mass is 35.5. The van der Waals surface area contributed by atoms with Crippen LogP contribution >= 0.6 is 11.6 Å². The van der Waals surface area contributed by atoms with Gasteiger partial charge in [-0.25, -0.2) is 8.42 Å². The molecule has 0 atom stereocenters. The van der Waals surface area contributed by atoms with E-state index in [2.05, 4.69) is 4.72 Å². The summed E-state index contributed by atoms with van der Waals surface area (Å²) >= 11 is 6.05. The number of anilines is 1. The van der Waals surface area contributed by atoms with Gasteiger partial charge in [-0.05, 0) is 43.7 Å². The monoisotopic (exact) mass is 325 g/mol. The Morgan fingerprint density at radius 2 is 1.71 bits per heavy atom. The fraction of sp³-hybridized carbons (Fsp3) is 0.200. The quantitative estimate of drug-likeness (QED) is 0.931. The Kier molecular flexibility index (Phi) is 4.44. The third kappa shape index (κ3) is 3.49. The zero-order valence-electron chi connectivity index (χ0n) is 12.0. The summed E-state index contributed by atoms with van der Waals surface area (Å²) in [6.45, 7) is 3.72. The van der Waals surface area contributed by atoms with Crippen molar-refractivity contribution in [3.63, 3.8) is 0 Å². The summed E-state index contributed by atoms with van der Waals surface area (Å²) in [6.07, 6.45) is 0. The number of nitrogens with one attached hydrogen (secondary N) is 1. The Morgan fingerprint density at radius 1 is 1.10 bits per heavy atom. The average molecular weight is 326 g/mol. The van der Waals surface area contributed by atoms with Gasteiger partial charge < -0.3 is 4.74 Å². The van der Waals surface area contributed by atoms with E-state index in [1.807, 2.05) is 13.8 Å². The third-order valence-corrected chi connectivity index (χ3v) is 4.84. The molecule has 0 aliphatic carbocycles. The highest BCUT2D eigenvalue weighted by Crippen LogP contribution is 2.32. The third-order valence-electron chi connectivity index (χ3n) is 3.06. The Morgan fingerprint density at radius 3 is 2.29 bits per heavy atom. The van der Waals surface area contributed by atoms with E-state index in [0.29, 0.717) is 16.5 Å². The Labute approximate surface area is 129 Å². The normalized spacial score (nSPS) is 11.2. The van der Waals surface area contributed by atoms with E-state index in [-0.39, 0.29) is 4.90 Å². The lowest BCUT2D eigenvalue weighted by Gasteiger charge is -2.13. The van der Waals surface area contributed by atoms with Crippen molar-refractivity contribution < 1.29 is 13.2 Å². The van der Waals surface area contributed by atoms with Gasteiger partial charge in [0, 0.05) is 5.02 Å². The lowest BCUT2D eigenvalue weighted by Crippen LogP contribution is -2.13. The van der Waals surface area contributed by atoms with Crippen molar-refractivity contribution in [1.29, 1.82) is 0 Å². The summed E-state index contributed by atoms with van der Waals surface area (Å²) in [7, 11) is -2.20. The molecule has 0 aliphatic heterocycles. The molecule has 0 aliphatic rings. The average Bonchev–Trinajstić information content (AvgIpc) is 2.42. The topological polar surface area (TPSA) is 55.4 Å². The van der Waals surface area contributed by atoms with Gasteiger partial charge in [0.1, 0.15) is 5.75 Å². The van der Waals surface area contributed by atoms with Crippen LogP contribution in [0, 0.1) is 13.8 Å². The summed E-state index contributed by atoms with van der Waals surface area (Å²) in [6, 6.07) is 9.83. The maximum absolute atomic E-state index is 12.4. The van der Waals surface area contributed by atoms with E-state index in [0.717, 1.165) is 11.1 Å². The molecule has 0 amide bonds. The van der Waals surface area contributed by atoms with E-state index < -0.39 is 10.0 Å². The van der Waals surface area contributed by atoms with Gasteiger partial charge in [-0.15, -0.1) is 0 Å². The van der Waals surface area contributed by atoms with E-state index in [1.54, 1.807) is 36.4 Å². The summed E-state index contributed by atoms with van der Waals surface area (Å²) in [5, 5.41) is 0.470. The molecule has 0 saturated carbocycles. The number of hydrogen-bond donors (Lipinski definition) is 1. The van der Waals surface area contributed by atoms with Crippen molar-refractivity contribution in [1.82, 2.24) is 0 Å². The minimum absolute atomic E-state index is 0.187. The molecule has 0 aromatic heterocycles. The first-order chi connectivity index (χ1) is 9.83. The summed E-state index contributed by atoms with van der Waals surface area (Å²) in [5.74, 6) is 0.424. The number of hydrogen-bond acceptors (Lipinski definition) is 3. The van der Waals surface area contributed by atoms with Crippen molar-refractivity contribution in [3.05, 3.63) is 52.5 Å². The van der Waals surface area contributed by atoms with Crippen LogP contribution in [-0.2, 0) is 10.0 Å². The molecule has 1 N–H and O–H groups in total. The lowest BCUT2D eigenvalue weighted by molar-refractivity contribution is 0.416. The molecule has 4 nitrogen and oxygen atoms in total. The number of halogens is 1. The highest BCUT2D eigenvalue weighted by Gasteiger charge is 2.17. The molecule has 0 heterocycles. The molecule has 6 heteroatoms. The van der Waals surface area contributed by atoms with E-state index in [1.165, 1.54) is 7.11 Å². The predicted octanol–water partition coefficient (Wildman–Crippen LogP) is 3.77. The van der Waals surface area contributed by atoms with E-state index >= 15 is 0 Å². The fourth-order valence-corrected chi connectivity index (χ4v) is 3.05. The Hall–Kier alpha value is -1.72. The molecule has 0 spiro atoms. The van der Waals surface area contributed by atoms with E-state index in [4.69, 9.17) is 16.3 Å². The van der Waals surface area contributed by atoms with Gasteiger partial charge in [-0.1, -0.05) is 29.3 Å². The number of methoxy groups -OCH3 is 1. The molecular weight excluding hydrogens is 310 g/mol. The van der Waals surface area contributed by atoms with Crippen LogP contribution in [0.4, 0.5) is 5.69 Å². The smallest absolute Gasteiger partial charge is 0.262 e. The van der Waals surface area contributed by atoms with E-state index in [9.17, 15) is 8.42 Å². The van der Waals surface area contributed by atoms with Crippen LogP contribution in [-0.4, -0.2) is 15.5 Å².